The molecule has 0 saturated carbocycles. The second kappa shape index (κ2) is 4.45. The van der Waals surface area contributed by atoms with Crippen LogP contribution in [0.25, 0.3) is 10.9 Å². The minimum Gasteiger partial charge on any atom is -0.478 e. The van der Waals surface area contributed by atoms with Crippen LogP contribution in [-0.4, -0.2) is 15.6 Å². The standard InChI is InChI=1S/C14H15NO2/c1-10(2)7-8-15-9-12(14(16)17)11-5-3-4-6-13(11)15/h3-6,9H,1,7-8H2,2H3,(H,16,17). The molecule has 2 aromatic rings. The van der Waals surface area contributed by atoms with Crippen molar-refractivity contribution in [3.05, 3.63) is 48.2 Å². The van der Waals surface area contributed by atoms with Crippen molar-refractivity contribution < 1.29 is 9.90 Å². The second-order valence-electron chi connectivity index (χ2n) is 4.27. The summed E-state index contributed by atoms with van der Waals surface area (Å²) in [5.74, 6) is -0.879. The predicted molar refractivity (Wildman–Crippen MR) is 68.3 cm³/mol. The zero-order chi connectivity index (χ0) is 12.4. The molecule has 0 radical (unpaired) electrons. The molecule has 1 heterocycles. The molecular formula is C14H15NO2. The lowest BCUT2D eigenvalue weighted by Gasteiger charge is -2.04. The van der Waals surface area contributed by atoms with Gasteiger partial charge in [0.1, 0.15) is 0 Å². The van der Waals surface area contributed by atoms with Gasteiger partial charge in [-0.1, -0.05) is 23.8 Å². The fourth-order valence-corrected chi connectivity index (χ4v) is 1.91. The Kier molecular flexibility index (Phi) is 3.00. The summed E-state index contributed by atoms with van der Waals surface area (Å²) in [6.07, 6.45) is 2.56. The van der Waals surface area contributed by atoms with Crippen molar-refractivity contribution in [3.8, 4) is 0 Å². The van der Waals surface area contributed by atoms with Crippen LogP contribution in [0.5, 0.6) is 0 Å². The third-order valence-corrected chi connectivity index (χ3v) is 2.80. The minimum atomic E-state index is -0.879. The van der Waals surface area contributed by atoms with Gasteiger partial charge >= 0.3 is 5.97 Å². The van der Waals surface area contributed by atoms with Gasteiger partial charge in [0.25, 0.3) is 0 Å². The Morgan fingerprint density at radius 1 is 1.41 bits per heavy atom. The average Bonchev–Trinajstić information content (AvgIpc) is 2.65. The van der Waals surface area contributed by atoms with Gasteiger partial charge in [0.15, 0.2) is 0 Å². The summed E-state index contributed by atoms with van der Waals surface area (Å²) in [6.45, 7) is 6.61. The van der Waals surface area contributed by atoms with Gasteiger partial charge in [0, 0.05) is 23.6 Å². The lowest BCUT2D eigenvalue weighted by molar-refractivity contribution is 0.0699. The quantitative estimate of drug-likeness (QED) is 0.817. The Morgan fingerprint density at radius 3 is 2.76 bits per heavy atom. The fourth-order valence-electron chi connectivity index (χ4n) is 1.91. The summed E-state index contributed by atoms with van der Waals surface area (Å²) in [5.41, 5.74) is 2.42. The molecular weight excluding hydrogens is 214 g/mol. The molecule has 1 aromatic carbocycles. The van der Waals surface area contributed by atoms with E-state index in [9.17, 15) is 4.79 Å². The molecule has 1 N–H and O–H groups in total. The predicted octanol–water partition coefficient (Wildman–Crippen LogP) is 3.31. The summed E-state index contributed by atoms with van der Waals surface area (Å²) >= 11 is 0. The van der Waals surface area contributed by atoms with E-state index < -0.39 is 5.97 Å². The summed E-state index contributed by atoms with van der Waals surface area (Å²) in [5, 5.41) is 9.94. The maximum Gasteiger partial charge on any atom is 0.337 e. The number of carboxylic acid groups (broad SMARTS) is 1. The number of aromatic carboxylic acids is 1. The third-order valence-electron chi connectivity index (χ3n) is 2.80. The largest absolute Gasteiger partial charge is 0.478 e. The van der Waals surface area contributed by atoms with Crippen molar-refractivity contribution in [2.24, 2.45) is 0 Å². The SMILES string of the molecule is C=C(C)CCn1cc(C(=O)O)c2ccccc21. The molecule has 0 unspecified atom stereocenters. The average molecular weight is 229 g/mol. The third kappa shape index (κ3) is 2.23. The van der Waals surface area contributed by atoms with Crippen LogP contribution in [-0.2, 0) is 6.54 Å². The Balaban J connectivity index is 2.49. The molecule has 0 aliphatic heterocycles. The molecule has 0 amide bonds. The number of allylic oxidation sites excluding steroid dienone is 1. The maximum absolute atomic E-state index is 11.1. The molecule has 0 saturated heterocycles. The van der Waals surface area contributed by atoms with Crippen LogP contribution in [0.2, 0.25) is 0 Å². The van der Waals surface area contributed by atoms with E-state index in [4.69, 9.17) is 5.11 Å². The molecule has 1 aromatic heterocycles. The molecule has 88 valence electrons. The summed E-state index contributed by atoms with van der Waals surface area (Å²) in [4.78, 5) is 11.1. The van der Waals surface area contributed by atoms with Crippen LogP contribution >= 0.6 is 0 Å². The Bertz CT molecular complexity index is 581. The van der Waals surface area contributed by atoms with E-state index in [2.05, 4.69) is 6.58 Å². The van der Waals surface area contributed by atoms with Crippen LogP contribution in [0.3, 0.4) is 0 Å². The second-order valence-corrected chi connectivity index (χ2v) is 4.27. The highest BCUT2D eigenvalue weighted by Gasteiger charge is 2.12. The Morgan fingerprint density at radius 2 is 2.12 bits per heavy atom. The molecule has 0 spiro atoms. The lowest BCUT2D eigenvalue weighted by atomic mass is 10.2. The monoisotopic (exact) mass is 229 g/mol. The van der Waals surface area contributed by atoms with Gasteiger partial charge in [-0.25, -0.2) is 4.79 Å². The Labute approximate surface area is 100.0 Å². The first-order valence-electron chi connectivity index (χ1n) is 5.55. The van der Waals surface area contributed by atoms with E-state index in [1.165, 1.54) is 0 Å². The number of carbonyl (C=O) groups is 1. The minimum absolute atomic E-state index is 0.363. The molecule has 0 aliphatic carbocycles. The number of hydrogen-bond donors (Lipinski definition) is 1. The van der Waals surface area contributed by atoms with Crippen LogP contribution in [0.4, 0.5) is 0 Å². The number of nitrogens with zero attached hydrogens (tertiary/aromatic N) is 1. The summed E-state index contributed by atoms with van der Waals surface area (Å²) in [6, 6.07) is 7.57. The Hall–Kier alpha value is -2.03. The van der Waals surface area contributed by atoms with Crippen LogP contribution in [0.15, 0.2) is 42.6 Å². The number of aryl methyl sites for hydroxylation is 1. The molecule has 2 rings (SSSR count). The summed E-state index contributed by atoms with van der Waals surface area (Å²) < 4.78 is 1.98. The topological polar surface area (TPSA) is 42.2 Å². The van der Waals surface area contributed by atoms with E-state index in [1.807, 2.05) is 35.8 Å². The van der Waals surface area contributed by atoms with E-state index in [0.29, 0.717) is 5.56 Å². The number of carboxylic acids is 1. The van der Waals surface area contributed by atoms with Crippen molar-refractivity contribution in [1.82, 2.24) is 4.57 Å². The molecule has 3 nitrogen and oxygen atoms in total. The highest BCUT2D eigenvalue weighted by atomic mass is 16.4. The van der Waals surface area contributed by atoms with E-state index >= 15 is 0 Å². The number of para-hydroxylation sites is 1. The summed E-state index contributed by atoms with van der Waals surface area (Å²) in [7, 11) is 0. The van der Waals surface area contributed by atoms with E-state index in [1.54, 1.807) is 6.20 Å². The van der Waals surface area contributed by atoms with Gasteiger partial charge < -0.3 is 9.67 Å². The molecule has 17 heavy (non-hydrogen) atoms. The zero-order valence-corrected chi connectivity index (χ0v) is 9.81. The van der Waals surface area contributed by atoms with Gasteiger partial charge in [-0.05, 0) is 19.4 Å². The first-order valence-corrected chi connectivity index (χ1v) is 5.55. The number of hydrogen-bond acceptors (Lipinski definition) is 1. The van der Waals surface area contributed by atoms with Crippen molar-refractivity contribution in [3.63, 3.8) is 0 Å². The number of rotatable bonds is 4. The van der Waals surface area contributed by atoms with E-state index in [0.717, 1.165) is 29.4 Å². The van der Waals surface area contributed by atoms with Crippen LogP contribution in [0, 0.1) is 0 Å². The van der Waals surface area contributed by atoms with Crippen molar-refractivity contribution >= 4 is 16.9 Å². The first kappa shape index (κ1) is 11.5. The highest BCUT2D eigenvalue weighted by Crippen LogP contribution is 2.22. The number of aromatic nitrogens is 1. The lowest BCUT2D eigenvalue weighted by Crippen LogP contribution is -1.97. The van der Waals surface area contributed by atoms with Gasteiger partial charge in [0.2, 0.25) is 0 Å². The van der Waals surface area contributed by atoms with Crippen molar-refractivity contribution in [2.75, 3.05) is 0 Å². The van der Waals surface area contributed by atoms with Gasteiger partial charge in [0.05, 0.1) is 5.56 Å². The van der Waals surface area contributed by atoms with Crippen LogP contribution in [0.1, 0.15) is 23.7 Å². The number of fused-ring (bicyclic) bond motifs is 1. The fraction of sp³-hybridized carbons (Fsp3) is 0.214. The van der Waals surface area contributed by atoms with Crippen molar-refractivity contribution in [2.45, 2.75) is 19.9 Å². The smallest absolute Gasteiger partial charge is 0.337 e. The maximum atomic E-state index is 11.1. The molecule has 0 aliphatic rings. The number of benzene rings is 1. The van der Waals surface area contributed by atoms with Gasteiger partial charge in [-0.2, -0.15) is 0 Å². The molecule has 0 bridgehead atoms. The molecule has 3 heteroatoms. The molecule has 0 fully saturated rings. The first-order chi connectivity index (χ1) is 8.09. The highest BCUT2D eigenvalue weighted by molar-refractivity contribution is 6.03. The molecule has 0 atom stereocenters. The van der Waals surface area contributed by atoms with E-state index in [-0.39, 0.29) is 0 Å². The van der Waals surface area contributed by atoms with Crippen molar-refractivity contribution in [1.29, 1.82) is 0 Å². The van der Waals surface area contributed by atoms with Crippen LogP contribution < -0.4 is 0 Å². The zero-order valence-electron chi connectivity index (χ0n) is 9.81. The van der Waals surface area contributed by atoms with Gasteiger partial charge in [-0.3, -0.25) is 0 Å². The van der Waals surface area contributed by atoms with Gasteiger partial charge in [-0.15, -0.1) is 6.58 Å². The normalized spacial score (nSPS) is 10.6.